The Morgan fingerprint density at radius 1 is 0.227 bits per heavy atom. The second kappa shape index (κ2) is 18.4. The van der Waals surface area contributed by atoms with Crippen molar-refractivity contribution in [2.75, 3.05) is 9.80 Å². The molecule has 75 heavy (non-hydrogen) atoms. The molecule has 1 unspecified atom stereocenters. The van der Waals surface area contributed by atoms with Crippen molar-refractivity contribution in [2.45, 2.75) is 5.41 Å². The molecule has 0 heterocycles. The fourth-order valence-corrected chi connectivity index (χ4v) is 12.1. The van der Waals surface area contributed by atoms with E-state index in [1.807, 2.05) is 0 Å². The van der Waals surface area contributed by atoms with Gasteiger partial charge in [0.2, 0.25) is 0 Å². The standard InChI is InChI=1S/C73H50N2/c1-5-18-51(19-6-1)55-32-40-60(41-33-55)74(61-42-34-56(35-43-61)52-20-7-2-8-21-52)64-27-17-26-59(50-64)73-68-30-15-13-28-65(68)66-48-49-70(71(72(66)73)67-29-14-16-31-69(67)73)75(62-44-36-57(37-45-62)53-22-9-3-10-23-53)63-46-38-58(39-47-63)54-24-11-4-12-25-54/h1-50H. The molecular formula is C73H50N2. The SMILES string of the molecule is c1ccc(-c2ccc(N(c3ccc(-c4ccccc4)cc3)c3cccc(C45c6ccccc6-c6ccc(N(c7ccc(-c8ccccc8)cc7)c7ccc(-c8ccccc8)cc7)c(c64)-c4ccccc45)c3)cc2)cc1. The van der Waals surface area contributed by atoms with Gasteiger partial charge < -0.3 is 9.80 Å². The molecule has 12 aromatic carbocycles. The Balaban J connectivity index is 0.965. The first-order valence-electron chi connectivity index (χ1n) is 25.9. The van der Waals surface area contributed by atoms with Crippen LogP contribution in [-0.4, -0.2) is 0 Å². The van der Waals surface area contributed by atoms with Crippen LogP contribution < -0.4 is 9.80 Å². The molecule has 352 valence electrons. The van der Waals surface area contributed by atoms with E-state index >= 15 is 0 Å². The van der Waals surface area contributed by atoms with Crippen molar-refractivity contribution in [1.29, 1.82) is 0 Å². The lowest BCUT2D eigenvalue weighted by atomic mass is 9.70. The molecule has 12 aromatic rings. The maximum Gasteiger partial charge on any atom is 0.0727 e. The van der Waals surface area contributed by atoms with Crippen molar-refractivity contribution in [2.24, 2.45) is 0 Å². The summed E-state index contributed by atoms with van der Waals surface area (Å²) in [4.78, 5) is 4.90. The van der Waals surface area contributed by atoms with E-state index in [1.54, 1.807) is 0 Å². The maximum atomic E-state index is 2.48. The first-order valence-corrected chi connectivity index (χ1v) is 25.9. The van der Waals surface area contributed by atoms with Crippen molar-refractivity contribution in [3.8, 4) is 66.8 Å². The molecule has 0 bridgehead atoms. The largest absolute Gasteiger partial charge is 0.310 e. The van der Waals surface area contributed by atoms with Gasteiger partial charge in [-0.2, -0.15) is 0 Å². The molecule has 2 aliphatic carbocycles. The van der Waals surface area contributed by atoms with E-state index < -0.39 is 5.41 Å². The topological polar surface area (TPSA) is 6.48 Å². The van der Waals surface area contributed by atoms with Gasteiger partial charge in [0.05, 0.1) is 11.1 Å². The van der Waals surface area contributed by atoms with Crippen LogP contribution in [0.2, 0.25) is 0 Å². The average molecular weight is 955 g/mol. The second-order valence-electron chi connectivity index (χ2n) is 19.6. The third-order valence-electron chi connectivity index (χ3n) is 15.5. The van der Waals surface area contributed by atoms with Crippen LogP contribution in [0.3, 0.4) is 0 Å². The molecule has 0 fully saturated rings. The second-order valence-corrected chi connectivity index (χ2v) is 19.6. The van der Waals surface area contributed by atoms with Gasteiger partial charge in [0.1, 0.15) is 0 Å². The van der Waals surface area contributed by atoms with E-state index in [-0.39, 0.29) is 0 Å². The molecular weight excluding hydrogens is 905 g/mol. The summed E-state index contributed by atoms with van der Waals surface area (Å²) in [6.45, 7) is 0. The summed E-state index contributed by atoms with van der Waals surface area (Å²) < 4.78 is 0. The normalized spacial score (nSPS) is 13.7. The van der Waals surface area contributed by atoms with Gasteiger partial charge in [-0.3, -0.25) is 0 Å². The summed E-state index contributed by atoms with van der Waals surface area (Å²) in [5.74, 6) is 0. The minimum Gasteiger partial charge on any atom is -0.310 e. The van der Waals surface area contributed by atoms with E-state index in [1.165, 1.54) is 89.0 Å². The molecule has 0 saturated carbocycles. The number of anilines is 6. The Morgan fingerprint density at radius 2 is 0.587 bits per heavy atom. The highest BCUT2D eigenvalue weighted by Gasteiger charge is 2.53. The number of rotatable bonds is 11. The van der Waals surface area contributed by atoms with E-state index in [9.17, 15) is 0 Å². The number of nitrogens with zero attached hydrogens (tertiary/aromatic N) is 2. The molecule has 2 nitrogen and oxygen atoms in total. The van der Waals surface area contributed by atoms with E-state index in [4.69, 9.17) is 0 Å². The fourth-order valence-electron chi connectivity index (χ4n) is 12.1. The number of benzene rings is 12. The third-order valence-corrected chi connectivity index (χ3v) is 15.5. The summed E-state index contributed by atoms with van der Waals surface area (Å²) in [6, 6.07) is 111. The summed E-state index contributed by atoms with van der Waals surface area (Å²) >= 11 is 0. The van der Waals surface area contributed by atoms with Gasteiger partial charge in [-0.15, -0.1) is 0 Å². The minimum atomic E-state index is -0.607. The highest BCUT2D eigenvalue weighted by Crippen LogP contribution is 2.67. The van der Waals surface area contributed by atoms with E-state index in [0.717, 1.165) is 34.1 Å². The maximum absolute atomic E-state index is 2.48. The van der Waals surface area contributed by atoms with Gasteiger partial charge in [0.15, 0.2) is 0 Å². The van der Waals surface area contributed by atoms with Gasteiger partial charge >= 0.3 is 0 Å². The minimum absolute atomic E-state index is 0.607. The van der Waals surface area contributed by atoms with Gasteiger partial charge in [-0.25, -0.2) is 0 Å². The van der Waals surface area contributed by atoms with Gasteiger partial charge in [-0.1, -0.05) is 237 Å². The van der Waals surface area contributed by atoms with Crippen molar-refractivity contribution in [1.82, 2.24) is 0 Å². The Morgan fingerprint density at radius 3 is 1.03 bits per heavy atom. The molecule has 0 N–H and O–H groups in total. The number of hydrogen-bond acceptors (Lipinski definition) is 2. The van der Waals surface area contributed by atoms with Crippen molar-refractivity contribution < 1.29 is 0 Å². The average Bonchev–Trinajstić information content (AvgIpc) is 4.16. The fraction of sp³-hybridized carbons (Fsp3) is 0.0137. The molecule has 1 atom stereocenters. The monoisotopic (exact) mass is 954 g/mol. The lowest BCUT2D eigenvalue weighted by molar-refractivity contribution is 0.792. The molecule has 0 radical (unpaired) electrons. The van der Waals surface area contributed by atoms with Crippen molar-refractivity contribution in [3.63, 3.8) is 0 Å². The van der Waals surface area contributed by atoms with Crippen LogP contribution in [-0.2, 0) is 5.41 Å². The zero-order valence-corrected chi connectivity index (χ0v) is 41.3. The predicted octanol–water partition coefficient (Wildman–Crippen LogP) is 19.6. The Kier molecular flexibility index (Phi) is 10.8. The molecule has 0 spiro atoms. The van der Waals surface area contributed by atoms with E-state index in [2.05, 4.69) is 313 Å². The lowest BCUT2D eigenvalue weighted by Gasteiger charge is -2.33. The number of fused-ring (bicyclic) bond motifs is 6. The molecule has 0 aromatic heterocycles. The summed E-state index contributed by atoms with van der Waals surface area (Å²) in [7, 11) is 0. The molecule has 0 amide bonds. The van der Waals surface area contributed by atoms with Crippen molar-refractivity contribution >= 4 is 34.1 Å². The van der Waals surface area contributed by atoms with Gasteiger partial charge in [0.25, 0.3) is 0 Å². The smallest absolute Gasteiger partial charge is 0.0727 e. The molecule has 0 aliphatic heterocycles. The van der Waals surface area contributed by atoms with Crippen LogP contribution >= 0.6 is 0 Å². The molecule has 0 saturated heterocycles. The highest BCUT2D eigenvalue weighted by molar-refractivity contribution is 6.05. The summed E-state index contributed by atoms with van der Waals surface area (Å²) in [5.41, 5.74) is 25.7. The Bertz CT molecular complexity index is 3840. The van der Waals surface area contributed by atoms with Crippen LogP contribution in [0.4, 0.5) is 34.1 Å². The van der Waals surface area contributed by atoms with E-state index in [0.29, 0.717) is 0 Å². The predicted molar refractivity (Wildman–Crippen MR) is 314 cm³/mol. The number of hydrogen-bond donors (Lipinski definition) is 0. The summed E-state index contributed by atoms with van der Waals surface area (Å²) in [6.07, 6.45) is 0. The van der Waals surface area contributed by atoms with Crippen LogP contribution in [0.1, 0.15) is 22.3 Å². The Hall–Kier alpha value is -9.76. The zero-order chi connectivity index (χ0) is 49.7. The Labute approximate surface area is 439 Å². The summed E-state index contributed by atoms with van der Waals surface area (Å²) in [5, 5.41) is 0. The van der Waals surface area contributed by atoms with Crippen LogP contribution in [0.5, 0.6) is 0 Å². The third kappa shape index (κ3) is 7.41. The molecule has 2 heteroatoms. The van der Waals surface area contributed by atoms with Crippen molar-refractivity contribution in [3.05, 3.63) is 326 Å². The molecule has 2 aliphatic rings. The quantitative estimate of drug-likeness (QED) is 0.127. The first kappa shape index (κ1) is 44.0. The van der Waals surface area contributed by atoms with Crippen LogP contribution in [0.25, 0.3) is 66.8 Å². The van der Waals surface area contributed by atoms with Crippen LogP contribution in [0.15, 0.2) is 303 Å². The van der Waals surface area contributed by atoms with Gasteiger partial charge in [-0.05, 0) is 150 Å². The highest BCUT2D eigenvalue weighted by atomic mass is 15.2. The molecule has 14 rings (SSSR count). The van der Waals surface area contributed by atoms with Crippen LogP contribution in [0, 0.1) is 0 Å². The van der Waals surface area contributed by atoms with Gasteiger partial charge in [0, 0.05) is 34.0 Å². The lowest BCUT2D eigenvalue weighted by Crippen LogP contribution is -2.26. The zero-order valence-electron chi connectivity index (χ0n) is 41.3. The first-order chi connectivity index (χ1) is 37.2.